The van der Waals surface area contributed by atoms with Gasteiger partial charge < -0.3 is 0 Å². The zero-order valence-electron chi connectivity index (χ0n) is 7.03. The van der Waals surface area contributed by atoms with Crippen molar-refractivity contribution in [1.29, 1.82) is 0 Å². The fraction of sp³-hybridized carbons (Fsp3) is 0.167. The fourth-order valence-electron chi connectivity index (χ4n) is 1.68. The quantitative estimate of drug-likeness (QED) is 0.577. The van der Waals surface area contributed by atoms with Crippen molar-refractivity contribution in [3.05, 3.63) is 60.2 Å². The SMILES string of the molecule is C=CC=CC1Cc2ccccc21. The molecule has 0 aliphatic heterocycles. The summed E-state index contributed by atoms with van der Waals surface area (Å²) in [6.07, 6.45) is 7.28. The van der Waals surface area contributed by atoms with Crippen LogP contribution in [0.5, 0.6) is 0 Å². The lowest BCUT2D eigenvalue weighted by atomic mass is 9.77. The molecule has 1 aliphatic carbocycles. The Kier molecular flexibility index (Phi) is 1.83. The molecule has 0 N–H and O–H groups in total. The predicted octanol–water partition coefficient (Wildman–Crippen LogP) is 3.07. The van der Waals surface area contributed by atoms with Crippen LogP contribution in [0.2, 0.25) is 0 Å². The standard InChI is InChI=1S/C12H12/c1-2-3-6-10-9-11-7-4-5-8-12(10)11/h2-8,10H,1,9H2. The molecule has 0 nitrogen and oxygen atoms in total. The molecule has 2 rings (SSSR count). The number of allylic oxidation sites excluding steroid dienone is 3. The molecule has 1 atom stereocenters. The van der Waals surface area contributed by atoms with Gasteiger partial charge in [0.25, 0.3) is 0 Å². The Balaban J connectivity index is 2.20. The van der Waals surface area contributed by atoms with Crippen LogP contribution in [-0.2, 0) is 6.42 Å². The Labute approximate surface area is 73.2 Å². The second-order valence-electron chi connectivity index (χ2n) is 3.13. The average Bonchev–Trinajstić information content (AvgIpc) is 2.07. The fourth-order valence-corrected chi connectivity index (χ4v) is 1.68. The van der Waals surface area contributed by atoms with Crippen molar-refractivity contribution in [3.8, 4) is 0 Å². The lowest BCUT2D eigenvalue weighted by Crippen LogP contribution is -2.14. The van der Waals surface area contributed by atoms with Crippen molar-refractivity contribution in [2.75, 3.05) is 0 Å². The molecular weight excluding hydrogens is 144 g/mol. The summed E-state index contributed by atoms with van der Waals surface area (Å²) in [5.41, 5.74) is 2.98. The number of benzene rings is 1. The molecule has 0 bridgehead atoms. The normalized spacial score (nSPS) is 20.2. The largest absolute Gasteiger partial charge is 0.0991 e. The Hall–Kier alpha value is -1.30. The van der Waals surface area contributed by atoms with Gasteiger partial charge in [0.05, 0.1) is 0 Å². The first-order chi connectivity index (χ1) is 5.92. The van der Waals surface area contributed by atoms with Gasteiger partial charge in [-0.3, -0.25) is 0 Å². The molecule has 0 fully saturated rings. The van der Waals surface area contributed by atoms with Gasteiger partial charge >= 0.3 is 0 Å². The van der Waals surface area contributed by atoms with Crippen molar-refractivity contribution in [1.82, 2.24) is 0 Å². The molecule has 0 saturated heterocycles. The highest BCUT2D eigenvalue weighted by Crippen LogP contribution is 2.35. The molecule has 0 heteroatoms. The van der Waals surface area contributed by atoms with Crippen LogP contribution in [0.4, 0.5) is 0 Å². The zero-order chi connectivity index (χ0) is 8.39. The first kappa shape index (κ1) is 7.35. The van der Waals surface area contributed by atoms with E-state index in [-0.39, 0.29) is 0 Å². The van der Waals surface area contributed by atoms with Crippen LogP contribution in [0.1, 0.15) is 17.0 Å². The Morgan fingerprint density at radius 1 is 1.33 bits per heavy atom. The van der Waals surface area contributed by atoms with Crippen LogP contribution in [0.3, 0.4) is 0 Å². The minimum Gasteiger partial charge on any atom is -0.0991 e. The number of fused-ring (bicyclic) bond motifs is 1. The second kappa shape index (κ2) is 2.98. The summed E-state index contributed by atoms with van der Waals surface area (Å²) in [5.74, 6) is 0.638. The van der Waals surface area contributed by atoms with Crippen molar-refractivity contribution < 1.29 is 0 Å². The van der Waals surface area contributed by atoms with E-state index in [1.165, 1.54) is 17.5 Å². The van der Waals surface area contributed by atoms with Crippen LogP contribution in [0, 0.1) is 0 Å². The Morgan fingerprint density at radius 2 is 2.17 bits per heavy atom. The third kappa shape index (κ3) is 1.10. The van der Waals surface area contributed by atoms with Gasteiger partial charge in [0.1, 0.15) is 0 Å². The van der Waals surface area contributed by atoms with E-state index in [4.69, 9.17) is 0 Å². The van der Waals surface area contributed by atoms with E-state index in [9.17, 15) is 0 Å². The summed E-state index contributed by atoms with van der Waals surface area (Å²) < 4.78 is 0. The van der Waals surface area contributed by atoms with E-state index in [0.29, 0.717) is 5.92 Å². The maximum Gasteiger partial charge on any atom is 0.00643 e. The third-order valence-electron chi connectivity index (χ3n) is 2.37. The van der Waals surface area contributed by atoms with E-state index in [0.717, 1.165) is 0 Å². The van der Waals surface area contributed by atoms with Gasteiger partial charge in [0, 0.05) is 5.92 Å². The van der Waals surface area contributed by atoms with Gasteiger partial charge in [0.2, 0.25) is 0 Å². The van der Waals surface area contributed by atoms with Gasteiger partial charge in [-0.1, -0.05) is 49.1 Å². The summed E-state index contributed by atoms with van der Waals surface area (Å²) in [5, 5.41) is 0. The molecule has 1 aliphatic rings. The lowest BCUT2D eigenvalue weighted by molar-refractivity contribution is 0.732. The monoisotopic (exact) mass is 156 g/mol. The smallest absolute Gasteiger partial charge is 0.00643 e. The van der Waals surface area contributed by atoms with E-state index in [1.807, 2.05) is 12.2 Å². The highest BCUT2D eigenvalue weighted by Gasteiger charge is 2.21. The summed E-state index contributed by atoms with van der Waals surface area (Å²) >= 11 is 0. The molecule has 0 heterocycles. The molecule has 0 saturated carbocycles. The molecule has 0 aromatic heterocycles. The summed E-state index contributed by atoms with van der Waals surface area (Å²) in [6.45, 7) is 3.66. The van der Waals surface area contributed by atoms with E-state index in [1.54, 1.807) is 0 Å². The molecule has 12 heavy (non-hydrogen) atoms. The summed E-state index contributed by atoms with van der Waals surface area (Å²) in [7, 11) is 0. The summed E-state index contributed by atoms with van der Waals surface area (Å²) in [6, 6.07) is 8.61. The first-order valence-electron chi connectivity index (χ1n) is 4.29. The van der Waals surface area contributed by atoms with E-state index >= 15 is 0 Å². The van der Waals surface area contributed by atoms with Gasteiger partial charge in [-0.2, -0.15) is 0 Å². The molecule has 0 spiro atoms. The second-order valence-corrected chi connectivity index (χ2v) is 3.13. The molecule has 1 aromatic carbocycles. The third-order valence-corrected chi connectivity index (χ3v) is 2.37. The van der Waals surface area contributed by atoms with Gasteiger partial charge in [-0.05, 0) is 17.5 Å². The molecule has 60 valence electrons. The van der Waals surface area contributed by atoms with Crippen molar-refractivity contribution in [3.63, 3.8) is 0 Å². The maximum absolute atomic E-state index is 3.66. The van der Waals surface area contributed by atoms with Crippen molar-refractivity contribution >= 4 is 0 Å². The van der Waals surface area contributed by atoms with Gasteiger partial charge in [0.15, 0.2) is 0 Å². The van der Waals surface area contributed by atoms with E-state index in [2.05, 4.69) is 36.9 Å². The van der Waals surface area contributed by atoms with Crippen molar-refractivity contribution in [2.45, 2.75) is 12.3 Å². The molecule has 1 unspecified atom stereocenters. The maximum atomic E-state index is 3.66. The average molecular weight is 156 g/mol. The summed E-state index contributed by atoms with van der Waals surface area (Å²) in [4.78, 5) is 0. The molecular formula is C12H12. The Morgan fingerprint density at radius 3 is 2.92 bits per heavy atom. The highest BCUT2D eigenvalue weighted by molar-refractivity contribution is 5.43. The Bertz CT molecular complexity index is 321. The highest BCUT2D eigenvalue weighted by atomic mass is 14.3. The predicted molar refractivity (Wildman–Crippen MR) is 52.2 cm³/mol. The van der Waals surface area contributed by atoms with E-state index < -0.39 is 0 Å². The lowest BCUT2D eigenvalue weighted by Gasteiger charge is -2.27. The first-order valence-corrected chi connectivity index (χ1v) is 4.29. The molecule has 0 radical (unpaired) electrons. The van der Waals surface area contributed by atoms with Crippen LogP contribution >= 0.6 is 0 Å². The van der Waals surface area contributed by atoms with Crippen LogP contribution < -0.4 is 0 Å². The van der Waals surface area contributed by atoms with Crippen LogP contribution in [-0.4, -0.2) is 0 Å². The van der Waals surface area contributed by atoms with Gasteiger partial charge in [-0.25, -0.2) is 0 Å². The van der Waals surface area contributed by atoms with Gasteiger partial charge in [-0.15, -0.1) is 0 Å². The zero-order valence-corrected chi connectivity index (χ0v) is 7.03. The number of rotatable bonds is 2. The minimum absolute atomic E-state index is 0.638. The van der Waals surface area contributed by atoms with Crippen LogP contribution in [0.25, 0.3) is 0 Å². The number of hydrogen-bond donors (Lipinski definition) is 0. The topological polar surface area (TPSA) is 0 Å². The minimum atomic E-state index is 0.638. The van der Waals surface area contributed by atoms with Crippen LogP contribution in [0.15, 0.2) is 49.1 Å². The molecule has 1 aromatic rings. The molecule has 0 amide bonds. The number of hydrogen-bond acceptors (Lipinski definition) is 0. The van der Waals surface area contributed by atoms with Crippen molar-refractivity contribution in [2.24, 2.45) is 0 Å².